The van der Waals surface area contributed by atoms with Gasteiger partial charge < -0.3 is 10.1 Å². The number of methoxy groups -OCH3 is 1. The first kappa shape index (κ1) is 22.6. The molecule has 0 saturated heterocycles. The molecule has 0 radical (unpaired) electrons. The summed E-state index contributed by atoms with van der Waals surface area (Å²) < 4.78 is 8.36. The number of nitrogens with zero attached hydrogens (tertiary/aromatic N) is 3. The Kier molecular flexibility index (Phi) is 6.24. The van der Waals surface area contributed by atoms with Crippen molar-refractivity contribution in [2.45, 2.75) is 33.7 Å². The maximum atomic E-state index is 13.1. The van der Waals surface area contributed by atoms with Crippen LogP contribution in [-0.2, 0) is 17.8 Å². The van der Waals surface area contributed by atoms with Crippen LogP contribution in [0.5, 0.6) is 5.75 Å². The van der Waals surface area contributed by atoms with Crippen molar-refractivity contribution in [2.24, 2.45) is 0 Å². The number of aromatic nitrogens is 3. The average Bonchev–Trinajstić information content (AvgIpc) is 3.13. The van der Waals surface area contributed by atoms with Crippen LogP contribution in [0.15, 0.2) is 53.3 Å². The fourth-order valence-electron chi connectivity index (χ4n) is 3.93. The number of amides is 1. The number of ether oxygens (including phenoxy) is 1. The molecule has 2 heterocycles. The Balaban J connectivity index is 1.79. The molecule has 0 saturated carbocycles. The molecule has 4 rings (SSSR count). The summed E-state index contributed by atoms with van der Waals surface area (Å²) in [4.78, 5) is 26.0. The lowest BCUT2D eigenvalue weighted by Crippen LogP contribution is -2.29. The molecule has 2 aromatic heterocycles. The van der Waals surface area contributed by atoms with Crippen molar-refractivity contribution < 1.29 is 9.53 Å². The highest BCUT2D eigenvalue weighted by Gasteiger charge is 2.19. The number of nitrogens with one attached hydrogen (secondary N) is 1. The summed E-state index contributed by atoms with van der Waals surface area (Å²) in [5.41, 5.74) is 4.52. The molecule has 7 nitrogen and oxygen atoms in total. The highest BCUT2D eigenvalue weighted by molar-refractivity contribution is 6.32. The molecular weight excluding hydrogens is 440 g/mol. The van der Waals surface area contributed by atoms with Gasteiger partial charge in [-0.25, -0.2) is 4.68 Å². The standard InChI is InChI=1S/C25H25ClN4O3/c1-5-17-12-23(32)29(14-22(31)27-18-8-11-21(33-4)20(26)13-18)25-24(17)16(3)28-30(25)19-9-6-15(2)7-10-19/h6-13H,5,14H2,1-4H3,(H,27,31). The number of carbonyl (C=O) groups excluding carboxylic acids is 1. The van der Waals surface area contributed by atoms with Gasteiger partial charge in [-0.1, -0.05) is 36.2 Å². The molecule has 4 aromatic rings. The van der Waals surface area contributed by atoms with Crippen LogP contribution in [0.4, 0.5) is 5.69 Å². The maximum Gasteiger partial charge on any atom is 0.252 e. The van der Waals surface area contributed by atoms with Crippen LogP contribution in [0, 0.1) is 13.8 Å². The lowest BCUT2D eigenvalue weighted by molar-refractivity contribution is -0.116. The Morgan fingerprint density at radius 2 is 1.85 bits per heavy atom. The van der Waals surface area contributed by atoms with E-state index in [0.717, 1.165) is 27.9 Å². The molecule has 1 N–H and O–H groups in total. The van der Waals surface area contributed by atoms with Gasteiger partial charge in [0, 0.05) is 17.1 Å². The molecule has 0 aliphatic heterocycles. The van der Waals surface area contributed by atoms with Crippen LogP contribution < -0.4 is 15.6 Å². The number of carbonyl (C=O) groups is 1. The second-order valence-corrected chi connectivity index (χ2v) is 8.28. The third-order valence-corrected chi connectivity index (χ3v) is 5.87. The molecule has 0 spiro atoms. The number of benzene rings is 2. The fourth-order valence-corrected chi connectivity index (χ4v) is 4.19. The van der Waals surface area contributed by atoms with Crippen LogP contribution in [0.2, 0.25) is 5.02 Å². The Hall–Kier alpha value is -3.58. The first-order valence-electron chi connectivity index (χ1n) is 10.6. The van der Waals surface area contributed by atoms with Gasteiger partial charge in [-0.15, -0.1) is 0 Å². The Morgan fingerprint density at radius 1 is 1.12 bits per heavy atom. The predicted molar refractivity (Wildman–Crippen MR) is 131 cm³/mol. The van der Waals surface area contributed by atoms with Crippen molar-refractivity contribution in [1.29, 1.82) is 0 Å². The van der Waals surface area contributed by atoms with Crippen molar-refractivity contribution in [3.63, 3.8) is 0 Å². The molecule has 0 fully saturated rings. The van der Waals surface area contributed by atoms with Gasteiger partial charge in [0.25, 0.3) is 5.56 Å². The SMILES string of the molecule is CCc1cc(=O)n(CC(=O)Nc2ccc(OC)c(Cl)c2)c2c1c(C)nn2-c1ccc(C)cc1. The molecule has 33 heavy (non-hydrogen) atoms. The van der Waals surface area contributed by atoms with E-state index in [0.29, 0.717) is 28.5 Å². The van der Waals surface area contributed by atoms with Crippen LogP contribution >= 0.6 is 11.6 Å². The number of halogens is 1. The Bertz CT molecular complexity index is 1400. The summed E-state index contributed by atoms with van der Waals surface area (Å²) in [5.74, 6) is 0.165. The normalized spacial score (nSPS) is 11.1. The molecule has 170 valence electrons. The highest BCUT2D eigenvalue weighted by Crippen LogP contribution is 2.28. The van der Waals surface area contributed by atoms with Gasteiger partial charge >= 0.3 is 0 Å². The zero-order valence-corrected chi connectivity index (χ0v) is 19.7. The summed E-state index contributed by atoms with van der Waals surface area (Å²) >= 11 is 6.17. The van der Waals surface area contributed by atoms with E-state index in [4.69, 9.17) is 21.4 Å². The minimum absolute atomic E-state index is 0.167. The zero-order chi connectivity index (χ0) is 23.7. The minimum Gasteiger partial charge on any atom is -0.495 e. The highest BCUT2D eigenvalue weighted by atomic mass is 35.5. The molecular formula is C25H25ClN4O3. The Morgan fingerprint density at radius 3 is 2.48 bits per heavy atom. The number of pyridine rings is 1. The third kappa shape index (κ3) is 4.36. The van der Waals surface area contributed by atoms with Crippen molar-refractivity contribution in [2.75, 3.05) is 12.4 Å². The summed E-state index contributed by atoms with van der Waals surface area (Å²) in [5, 5.41) is 8.80. The quantitative estimate of drug-likeness (QED) is 0.450. The summed E-state index contributed by atoms with van der Waals surface area (Å²) in [6, 6.07) is 14.5. The monoisotopic (exact) mass is 464 g/mol. The number of aryl methyl sites for hydroxylation is 3. The van der Waals surface area contributed by atoms with E-state index < -0.39 is 0 Å². The maximum absolute atomic E-state index is 13.1. The van der Waals surface area contributed by atoms with Crippen LogP contribution in [0.25, 0.3) is 16.7 Å². The van der Waals surface area contributed by atoms with E-state index in [-0.39, 0.29) is 18.0 Å². The molecule has 1 amide bonds. The smallest absolute Gasteiger partial charge is 0.252 e. The minimum atomic E-state index is -0.349. The second kappa shape index (κ2) is 9.11. The van der Waals surface area contributed by atoms with E-state index in [1.165, 1.54) is 11.7 Å². The van der Waals surface area contributed by atoms with Gasteiger partial charge in [0.1, 0.15) is 17.9 Å². The second-order valence-electron chi connectivity index (χ2n) is 7.88. The van der Waals surface area contributed by atoms with Crippen LogP contribution in [0.1, 0.15) is 23.7 Å². The van der Waals surface area contributed by atoms with Crippen molar-refractivity contribution >= 4 is 34.2 Å². The molecule has 0 aliphatic rings. The van der Waals surface area contributed by atoms with Gasteiger partial charge in [0.05, 0.1) is 23.5 Å². The molecule has 0 unspecified atom stereocenters. The van der Waals surface area contributed by atoms with Gasteiger partial charge in [0.2, 0.25) is 5.91 Å². The van der Waals surface area contributed by atoms with Gasteiger partial charge in [-0.05, 0) is 56.2 Å². The van der Waals surface area contributed by atoms with Crippen molar-refractivity contribution in [1.82, 2.24) is 14.3 Å². The summed E-state index contributed by atoms with van der Waals surface area (Å²) in [7, 11) is 1.52. The third-order valence-electron chi connectivity index (χ3n) is 5.57. The zero-order valence-electron chi connectivity index (χ0n) is 19.0. The predicted octanol–water partition coefficient (Wildman–Crippen LogP) is 4.67. The lowest BCUT2D eigenvalue weighted by atomic mass is 10.1. The largest absolute Gasteiger partial charge is 0.495 e. The molecule has 0 atom stereocenters. The Labute approximate surface area is 196 Å². The van der Waals surface area contributed by atoms with E-state index in [1.54, 1.807) is 28.9 Å². The van der Waals surface area contributed by atoms with Crippen LogP contribution in [-0.4, -0.2) is 27.4 Å². The fraction of sp³-hybridized carbons (Fsp3) is 0.240. The number of hydrogen-bond donors (Lipinski definition) is 1. The number of fused-ring (bicyclic) bond motifs is 1. The topological polar surface area (TPSA) is 78.2 Å². The van der Waals surface area contributed by atoms with Gasteiger partial charge in [-0.2, -0.15) is 5.10 Å². The van der Waals surface area contributed by atoms with Crippen molar-refractivity contribution in [3.05, 3.63) is 80.7 Å². The lowest BCUT2D eigenvalue weighted by Gasteiger charge is -2.14. The first-order valence-corrected chi connectivity index (χ1v) is 11.0. The van der Waals surface area contributed by atoms with Crippen LogP contribution in [0.3, 0.4) is 0 Å². The van der Waals surface area contributed by atoms with Gasteiger partial charge in [-0.3, -0.25) is 14.2 Å². The number of rotatable bonds is 6. The number of hydrogen-bond acceptors (Lipinski definition) is 4. The van der Waals surface area contributed by atoms with Gasteiger partial charge in [0.15, 0.2) is 0 Å². The van der Waals surface area contributed by atoms with E-state index >= 15 is 0 Å². The van der Waals surface area contributed by atoms with E-state index in [1.807, 2.05) is 45.0 Å². The van der Waals surface area contributed by atoms with E-state index in [2.05, 4.69) is 5.32 Å². The summed E-state index contributed by atoms with van der Waals surface area (Å²) in [6.07, 6.45) is 0.684. The first-order chi connectivity index (χ1) is 15.8. The average molecular weight is 465 g/mol. The molecule has 8 heteroatoms. The molecule has 0 bridgehead atoms. The van der Waals surface area contributed by atoms with E-state index in [9.17, 15) is 9.59 Å². The summed E-state index contributed by atoms with van der Waals surface area (Å²) in [6.45, 7) is 5.76. The number of anilines is 1. The van der Waals surface area contributed by atoms with Crippen molar-refractivity contribution in [3.8, 4) is 11.4 Å². The molecule has 2 aromatic carbocycles. The molecule has 0 aliphatic carbocycles.